The molecule has 1 unspecified atom stereocenters. The number of nitrogen functional groups attached to an aromatic ring is 1. The van der Waals surface area contributed by atoms with Crippen molar-refractivity contribution in [3.63, 3.8) is 0 Å². The van der Waals surface area contributed by atoms with Gasteiger partial charge in [-0.3, -0.25) is 9.59 Å². The van der Waals surface area contributed by atoms with Gasteiger partial charge in [-0.15, -0.1) is 11.3 Å². The summed E-state index contributed by atoms with van der Waals surface area (Å²) in [6.45, 7) is 6.22. The highest BCUT2D eigenvalue weighted by Crippen LogP contribution is 2.36. The van der Waals surface area contributed by atoms with Crippen molar-refractivity contribution in [2.45, 2.75) is 33.2 Å². The third-order valence-electron chi connectivity index (χ3n) is 3.19. The maximum Gasteiger partial charge on any atom is 0.263 e. The van der Waals surface area contributed by atoms with Crippen molar-refractivity contribution < 1.29 is 9.59 Å². The summed E-state index contributed by atoms with van der Waals surface area (Å²) < 4.78 is 0. The Hall–Kier alpha value is -1.76. The number of hydrogen-bond acceptors (Lipinski definition) is 5. The largest absolute Gasteiger partial charge is 0.397 e. The first-order valence-electron chi connectivity index (χ1n) is 6.54. The molecule has 7 heteroatoms. The van der Waals surface area contributed by atoms with Crippen LogP contribution in [0.1, 0.15) is 47.2 Å². The van der Waals surface area contributed by atoms with Gasteiger partial charge < -0.3 is 22.1 Å². The summed E-state index contributed by atoms with van der Waals surface area (Å²) in [6, 6.07) is 0.184. The van der Waals surface area contributed by atoms with Crippen LogP contribution in [0.2, 0.25) is 0 Å². The zero-order valence-electron chi connectivity index (χ0n) is 12.2. The molecular formula is C13H22N4O2S. The lowest BCUT2D eigenvalue weighted by Gasteiger charge is -2.21. The molecule has 0 radical (unpaired) electrons. The fourth-order valence-corrected chi connectivity index (χ4v) is 3.11. The monoisotopic (exact) mass is 298 g/mol. The van der Waals surface area contributed by atoms with Crippen LogP contribution in [0, 0.1) is 5.92 Å². The van der Waals surface area contributed by atoms with Gasteiger partial charge in [-0.2, -0.15) is 0 Å². The van der Waals surface area contributed by atoms with Crippen molar-refractivity contribution in [1.82, 2.24) is 5.32 Å². The van der Waals surface area contributed by atoms with E-state index in [4.69, 9.17) is 11.5 Å². The Kier molecular flexibility index (Phi) is 5.38. The molecule has 1 aromatic heterocycles. The van der Waals surface area contributed by atoms with Gasteiger partial charge in [-0.25, -0.2) is 0 Å². The molecule has 0 spiro atoms. The maximum absolute atomic E-state index is 11.8. The first-order valence-corrected chi connectivity index (χ1v) is 7.35. The van der Waals surface area contributed by atoms with Crippen molar-refractivity contribution in [1.29, 1.82) is 0 Å². The molecule has 0 saturated heterocycles. The molecule has 1 rings (SSSR count). The van der Waals surface area contributed by atoms with E-state index in [9.17, 15) is 9.59 Å². The number of amides is 2. The fraction of sp³-hybridized carbons (Fsp3) is 0.538. The fourth-order valence-electron chi connectivity index (χ4n) is 1.98. The summed E-state index contributed by atoms with van der Waals surface area (Å²) in [4.78, 5) is 23.6. The van der Waals surface area contributed by atoms with Crippen LogP contribution < -0.4 is 22.1 Å². The highest BCUT2D eigenvalue weighted by Gasteiger charge is 2.25. The Morgan fingerprint density at radius 1 is 1.35 bits per heavy atom. The van der Waals surface area contributed by atoms with Crippen molar-refractivity contribution in [2.75, 3.05) is 18.1 Å². The van der Waals surface area contributed by atoms with E-state index in [0.29, 0.717) is 15.8 Å². The molecule has 0 saturated carbocycles. The van der Waals surface area contributed by atoms with Gasteiger partial charge in [0.15, 0.2) is 0 Å². The Morgan fingerprint density at radius 3 is 2.35 bits per heavy atom. The van der Waals surface area contributed by atoms with Crippen LogP contribution in [0.5, 0.6) is 0 Å². The highest BCUT2D eigenvalue weighted by atomic mass is 32.1. The lowest BCUT2D eigenvalue weighted by atomic mass is 10.0. The number of carbonyl (C=O) groups is 2. The highest BCUT2D eigenvalue weighted by molar-refractivity contribution is 7.19. The van der Waals surface area contributed by atoms with E-state index >= 15 is 0 Å². The first kappa shape index (κ1) is 16.3. The van der Waals surface area contributed by atoms with Crippen LogP contribution in [0.15, 0.2) is 0 Å². The molecular weight excluding hydrogens is 276 g/mol. The van der Waals surface area contributed by atoms with Gasteiger partial charge in [0.05, 0.1) is 11.3 Å². The SMILES string of the molecule is CCC(Nc1sc(C(=O)NC)c(N)c1C(N)=O)C(C)C. The van der Waals surface area contributed by atoms with Crippen molar-refractivity contribution in [3.05, 3.63) is 10.4 Å². The van der Waals surface area contributed by atoms with Crippen LogP contribution in [0.3, 0.4) is 0 Å². The third kappa shape index (κ3) is 3.22. The van der Waals surface area contributed by atoms with Gasteiger partial charge in [0, 0.05) is 13.1 Å². The molecule has 0 aliphatic rings. The predicted octanol–water partition coefficient (Wildman–Crippen LogP) is 1.64. The molecule has 2 amide bonds. The second-order valence-corrected chi connectivity index (χ2v) is 5.92. The zero-order chi connectivity index (χ0) is 15.4. The molecule has 0 fully saturated rings. The Morgan fingerprint density at radius 2 is 1.95 bits per heavy atom. The van der Waals surface area contributed by atoms with Crippen molar-refractivity contribution in [2.24, 2.45) is 11.7 Å². The number of anilines is 2. The quantitative estimate of drug-likeness (QED) is 0.639. The van der Waals surface area contributed by atoms with Gasteiger partial charge in [0.2, 0.25) is 0 Å². The number of primary amides is 1. The van der Waals surface area contributed by atoms with E-state index in [2.05, 4.69) is 31.4 Å². The molecule has 6 nitrogen and oxygen atoms in total. The van der Waals surface area contributed by atoms with Crippen LogP contribution in [0.4, 0.5) is 10.7 Å². The minimum Gasteiger partial charge on any atom is -0.397 e. The maximum atomic E-state index is 11.8. The molecule has 1 aromatic rings. The summed E-state index contributed by atoms with van der Waals surface area (Å²) in [7, 11) is 1.52. The van der Waals surface area contributed by atoms with Gasteiger partial charge >= 0.3 is 0 Å². The summed E-state index contributed by atoms with van der Waals surface area (Å²) in [5, 5.41) is 6.34. The lowest BCUT2D eigenvalue weighted by molar-refractivity contribution is 0.0967. The van der Waals surface area contributed by atoms with Gasteiger partial charge in [-0.05, 0) is 12.3 Å². The molecule has 20 heavy (non-hydrogen) atoms. The first-order chi connectivity index (χ1) is 9.33. The summed E-state index contributed by atoms with van der Waals surface area (Å²) in [5.74, 6) is -0.567. The summed E-state index contributed by atoms with van der Waals surface area (Å²) in [6.07, 6.45) is 0.892. The lowest BCUT2D eigenvalue weighted by Crippen LogP contribution is -2.25. The molecule has 0 bridgehead atoms. The standard InChI is InChI=1S/C13H22N4O2S/c1-5-7(6(2)3)17-13-8(11(15)18)9(14)10(20-13)12(19)16-4/h6-7,17H,5,14H2,1-4H3,(H2,15,18)(H,16,19). The number of nitrogens with one attached hydrogen (secondary N) is 2. The van der Waals surface area contributed by atoms with E-state index in [1.165, 1.54) is 7.05 Å². The average molecular weight is 298 g/mol. The summed E-state index contributed by atoms with van der Waals surface area (Å²) >= 11 is 1.16. The van der Waals surface area contributed by atoms with Gasteiger partial charge in [0.1, 0.15) is 9.88 Å². The topological polar surface area (TPSA) is 110 Å². The number of carbonyl (C=O) groups excluding carboxylic acids is 2. The van der Waals surface area contributed by atoms with Crippen LogP contribution in [-0.2, 0) is 0 Å². The second kappa shape index (κ2) is 6.60. The van der Waals surface area contributed by atoms with E-state index in [-0.39, 0.29) is 23.2 Å². The normalized spacial score (nSPS) is 12.2. The van der Waals surface area contributed by atoms with Crippen LogP contribution in [-0.4, -0.2) is 24.9 Å². The average Bonchev–Trinajstić information content (AvgIpc) is 2.71. The molecule has 0 aliphatic heterocycles. The zero-order valence-corrected chi connectivity index (χ0v) is 13.1. The smallest absolute Gasteiger partial charge is 0.263 e. The van der Waals surface area contributed by atoms with E-state index in [1.807, 2.05) is 0 Å². The molecule has 1 atom stereocenters. The molecule has 0 aliphatic carbocycles. The van der Waals surface area contributed by atoms with Gasteiger partial charge in [0.25, 0.3) is 11.8 Å². The second-order valence-electron chi connectivity index (χ2n) is 4.90. The number of rotatable bonds is 6. The molecule has 112 valence electrons. The Bertz CT molecular complexity index is 511. The molecule has 1 heterocycles. The minimum atomic E-state index is -0.630. The van der Waals surface area contributed by atoms with Crippen LogP contribution >= 0.6 is 11.3 Å². The van der Waals surface area contributed by atoms with E-state index < -0.39 is 5.91 Å². The minimum absolute atomic E-state index is 0.142. The number of hydrogen-bond donors (Lipinski definition) is 4. The van der Waals surface area contributed by atoms with Crippen molar-refractivity contribution in [3.8, 4) is 0 Å². The van der Waals surface area contributed by atoms with E-state index in [0.717, 1.165) is 17.8 Å². The third-order valence-corrected chi connectivity index (χ3v) is 4.32. The van der Waals surface area contributed by atoms with Gasteiger partial charge in [-0.1, -0.05) is 20.8 Å². The Balaban J connectivity index is 3.24. The Labute approximate surface area is 122 Å². The van der Waals surface area contributed by atoms with Crippen molar-refractivity contribution >= 4 is 33.8 Å². The molecule has 6 N–H and O–H groups in total. The number of thiophene rings is 1. The summed E-state index contributed by atoms with van der Waals surface area (Å²) in [5.41, 5.74) is 11.6. The van der Waals surface area contributed by atoms with Crippen LogP contribution in [0.25, 0.3) is 0 Å². The number of nitrogens with two attached hydrogens (primary N) is 2. The predicted molar refractivity (Wildman–Crippen MR) is 83.2 cm³/mol. The molecule has 0 aromatic carbocycles. The van der Waals surface area contributed by atoms with E-state index in [1.54, 1.807) is 0 Å².